The lowest BCUT2D eigenvalue weighted by atomic mass is 9.99. The summed E-state index contributed by atoms with van der Waals surface area (Å²) in [4.78, 5) is 25.8. The van der Waals surface area contributed by atoms with Crippen molar-refractivity contribution < 1.29 is 14.3 Å². The first-order valence-electron chi connectivity index (χ1n) is 7.14. The fraction of sp³-hybridized carbons (Fsp3) is 0.467. The number of ether oxygens (including phenoxy) is 1. The molecule has 1 aromatic carbocycles. The van der Waals surface area contributed by atoms with Crippen molar-refractivity contribution in [1.29, 1.82) is 0 Å². The van der Waals surface area contributed by atoms with Crippen LogP contribution in [-0.4, -0.2) is 49.4 Å². The molecule has 1 amide bonds. The van der Waals surface area contributed by atoms with E-state index in [0.717, 1.165) is 44.8 Å². The molecule has 0 aromatic heterocycles. The summed E-state index contributed by atoms with van der Waals surface area (Å²) in [7, 11) is 0. The molecular weight excluding hydrogens is 292 g/mol. The molecule has 3 rings (SSSR count). The Morgan fingerprint density at radius 1 is 1.24 bits per heavy atom. The van der Waals surface area contributed by atoms with Gasteiger partial charge >= 0.3 is 0 Å². The molecule has 0 spiro atoms. The number of anilines is 1. The number of fused-ring (bicyclic) bond motifs is 1. The summed E-state index contributed by atoms with van der Waals surface area (Å²) in [5, 5.41) is 3.14. The molecule has 112 valence electrons. The third-order valence-corrected chi connectivity index (χ3v) is 4.30. The quantitative estimate of drug-likeness (QED) is 0.861. The molecule has 0 bridgehead atoms. The number of rotatable bonds is 4. The van der Waals surface area contributed by atoms with Crippen molar-refractivity contribution in [3.8, 4) is 0 Å². The van der Waals surface area contributed by atoms with Crippen molar-refractivity contribution in [3.05, 3.63) is 28.3 Å². The average molecular weight is 309 g/mol. The predicted molar refractivity (Wildman–Crippen MR) is 80.0 cm³/mol. The number of benzene rings is 1. The molecule has 0 saturated carbocycles. The molecular formula is C15H17ClN2O3. The number of hydrogen-bond acceptors (Lipinski definition) is 4. The zero-order valence-electron chi connectivity index (χ0n) is 11.7. The molecule has 0 radical (unpaired) electrons. The number of halogens is 1. The van der Waals surface area contributed by atoms with Crippen LogP contribution in [0.2, 0.25) is 5.02 Å². The van der Waals surface area contributed by atoms with Gasteiger partial charge in [0.15, 0.2) is 0 Å². The Bertz CT molecular complexity index is 583. The summed E-state index contributed by atoms with van der Waals surface area (Å²) >= 11 is 6.22. The van der Waals surface area contributed by atoms with Crippen LogP contribution < -0.4 is 5.32 Å². The highest BCUT2D eigenvalue weighted by molar-refractivity contribution is 6.52. The van der Waals surface area contributed by atoms with Gasteiger partial charge in [0, 0.05) is 18.1 Å². The van der Waals surface area contributed by atoms with Crippen LogP contribution in [-0.2, 0) is 16.0 Å². The van der Waals surface area contributed by atoms with Gasteiger partial charge in [-0.15, -0.1) is 0 Å². The normalized spacial score (nSPS) is 18.7. The van der Waals surface area contributed by atoms with E-state index < -0.39 is 11.7 Å². The van der Waals surface area contributed by atoms with E-state index in [2.05, 4.69) is 10.2 Å². The fourth-order valence-electron chi connectivity index (χ4n) is 2.83. The van der Waals surface area contributed by atoms with Gasteiger partial charge in [0.25, 0.3) is 11.7 Å². The first-order chi connectivity index (χ1) is 10.2. The average Bonchev–Trinajstić information content (AvgIpc) is 2.78. The van der Waals surface area contributed by atoms with E-state index in [-0.39, 0.29) is 0 Å². The first-order valence-corrected chi connectivity index (χ1v) is 7.52. The molecule has 0 unspecified atom stereocenters. The summed E-state index contributed by atoms with van der Waals surface area (Å²) in [6.07, 6.45) is 1.59. The van der Waals surface area contributed by atoms with Gasteiger partial charge < -0.3 is 10.1 Å². The maximum absolute atomic E-state index is 11.9. The van der Waals surface area contributed by atoms with E-state index in [1.807, 2.05) is 0 Å². The Kier molecular flexibility index (Phi) is 4.24. The van der Waals surface area contributed by atoms with Gasteiger partial charge in [-0.3, -0.25) is 14.5 Å². The zero-order valence-corrected chi connectivity index (χ0v) is 12.4. The van der Waals surface area contributed by atoms with E-state index in [1.165, 1.54) is 0 Å². The van der Waals surface area contributed by atoms with Crippen LogP contribution >= 0.6 is 11.6 Å². The molecule has 5 nitrogen and oxygen atoms in total. The Hall–Kier alpha value is -1.43. The molecule has 0 aliphatic carbocycles. The second kappa shape index (κ2) is 6.13. The standard InChI is InChI=1S/C15H17ClN2O3/c16-11-3-4-12-13(14(19)15(20)17-12)10(11)2-1-5-18-6-8-21-9-7-18/h3-4H,1-2,5-9H2,(H,17,19,20). The molecule has 2 heterocycles. The highest BCUT2D eigenvalue weighted by Crippen LogP contribution is 2.32. The summed E-state index contributed by atoms with van der Waals surface area (Å²) in [6.45, 7) is 4.38. The van der Waals surface area contributed by atoms with Crippen LogP contribution in [0.3, 0.4) is 0 Å². The van der Waals surface area contributed by atoms with Gasteiger partial charge in [0.1, 0.15) is 0 Å². The topological polar surface area (TPSA) is 58.6 Å². The highest BCUT2D eigenvalue weighted by atomic mass is 35.5. The van der Waals surface area contributed by atoms with Crippen LogP contribution in [0.25, 0.3) is 0 Å². The Morgan fingerprint density at radius 2 is 2.00 bits per heavy atom. The third-order valence-electron chi connectivity index (χ3n) is 3.94. The van der Waals surface area contributed by atoms with E-state index in [1.54, 1.807) is 12.1 Å². The van der Waals surface area contributed by atoms with Crippen LogP contribution in [0, 0.1) is 0 Å². The minimum absolute atomic E-state index is 0.453. The Labute approximate surface area is 128 Å². The summed E-state index contributed by atoms with van der Waals surface area (Å²) in [6, 6.07) is 3.43. The van der Waals surface area contributed by atoms with Crippen molar-refractivity contribution in [2.45, 2.75) is 12.8 Å². The van der Waals surface area contributed by atoms with Gasteiger partial charge in [-0.1, -0.05) is 11.6 Å². The monoisotopic (exact) mass is 308 g/mol. The molecule has 2 aliphatic rings. The van der Waals surface area contributed by atoms with Crippen LogP contribution in [0.4, 0.5) is 5.69 Å². The van der Waals surface area contributed by atoms with Gasteiger partial charge in [0.2, 0.25) is 0 Å². The molecule has 1 aromatic rings. The third kappa shape index (κ3) is 2.95. The van der Waals surface area contributed by atoms with Gasteiger partial charge in [-0.05, 0) is 37.1 Å². The van der Waals surface area contributed by atoms with Crippen molar-refractivity contribution in [2.24, 2.45) is 0 Å². The van der Waals surface area contributed by atoms with Crippen molar-refractivity contribution in [2.75, 3.05) is 38.2 Å². The van der Waals surface area contributed by atoms with E-state index in [4.69, 9.17) is 16.3 Å². The number of carbonyl (C=O) groups is 2. The van der Waals surface area contributed by atoms with Crippen LogP contribution in [0.15, 0.2) is 12.1 Å². The minimum atomic E-state index is -0.568. The minimum Gasteiger partial charge on any atom is -0.379 e. The second-order valence-electron chi connectivity index (χ2n) is 5.29. The summed E-state index contributed by atoms with van der Waals surface area (Å²) in [5.74, 6) is -1.05. The van der Waals surface area contributed by atoms with E-state index >= 15 is 0 Å². The Balaban J connectivity index is 1.69. The van der Waals surface area contributed by atoms with Crippen LogP contribution in [0.1, 0.15) is 22.3 Å². The van der Waals surface area contributed by atoms with Crippen molar-refractivity contribution in [1.82, 2.24) is 4.90 Å². The number of ketones is 1. The SMILES string of the molecule is O=C1Nc2ccc(Cl)c(CCCN3CCOCC3)c2C1=O. The van der Waals surface area contributed by atoms with Crippen molar-refractivity contribution in [3.63, 3.8) is 0 Å². The molecule has 6 heteroatoms. The van der Waals surface area contributed by atoms with E-state index in [9.17, 15) is 9.59 Å². The second-order valence-corrected chi connectivity index (χ2v) is 5.70. The number of amides is 1. The Morgan fingerprint density at radius 3 is 2.76 bits per heavy atom. The maximum atomic E-state index is 11.9. The number of hydrogen-bond donors (Lipinski definition) is 1. The van der Waals surface area contributed by atoms with Gasteiger partial charge in [0.05, 0.1) is 24.5 Å². The smallest absolute Gasteiger partial charge is 0.296 e. The molecule has 0 atom stereocenters. The molecule has 2 aliphatic heterocycles. The molecule has 1 N–H and O–H groups in total. The molecule has 1 saturated heterocycles. The van der Waals surface area contributed by atoms with Gasteiger partial charge in [-0.25, -0.2) is 0 Å². The number of nitrogens with zero attached hydrogens (tertiary/aromatic N) is 1. The fourth-order valence-corrected chi connectivity index (χ4v) is 3.08. The largest absolute Gasteiger partial charge is 0.379 e. The molecule has 1 fully saturated rings. The first kappa shape index (κ1) is 14.5. The zero-order chi connectivity index (χ0) is 14.8. The number of nitrogens with one attached hydrogen (secondary N) is 1. The lowest BCUT2D eigenvalue weighted by Gasteiger charge is -2.26. The van der Waals surface area contributed by atoms with Crippen molar-refractivity contribution >= 4 is 29.0 Å². The number of Topliss-reactive ketones (excluding diaryl/α,β-unsaturated/α-hetero) is 1. The molecule has 21 heavy (non-hydrogen) atoms. The van der Waals surface area contributed by atoms with Crippen LogP contribution in [0.5, 0.6) is 0 Å². The highest BCUT2D eigenvalue weighted by Gasteiger charge is 2.31. The van der Waals surface area contributed by atoms with Gasteiger partial charge in [-0.2, -0.15) is 0 Å². The van der Waals surface area contributed by atoms with E-state index in [0.29, 0.717) is 22.7 Å². The lowest BCUT2D eigenvalue weighted by Crippen LogP contribution is -2.37. The predicted octanol–water partition coefficient (Wildman–Crippen LogP) is 1.74. The number of morpholine rings is 1. The summed E-state index contributed by atoms with van der Waals surface area (Å²) in [5.41, 5.74) is 1.82. The number of carbonyl (C=O) groups excluding carboxylic acids is 2. The maximum Gasteiger partial charge on any atom is 0.296 e. The summed E-state index contributed by atoms with van der Waals surface area (Å²) < 4.78 is 5.32. The lowest BCUT2D eigenvalue weighted by molar-refractivity contribution is -0.112.